The second-order valence-electron chi connectivity index (χ2n) is 4.64. The van der Waals surface area contributed by atoms with Crippen LogP contribution >= 0.6 is 0 Å². The molecule has 1 amide bonds. The molecule has 104 valence electrons. The highest BCUT2D eigenvalue weighted by atomic mass is 19.1. The van der Waals surface area contributed by atoms with Gasteiger partial charge in [0.1, 0.15) is 5.82 Å². The van der Waals surface area contributed by atoms with Crippen LogP contribution in [0.5, 0.6) is 0 Å². The molecule has 0 heterocycles. The first-order chi connectivity index (χ1) is 9.17. The smallest absolute Gasteiger partial charge is 0.244 e. The third kappa shape index (κ3) is 5.69. The fourth-order valence-corrected chi connectivity index (χ4v) is 2.01. The number of hydrogen-bond acceptors (Lipinski definition) is 1. The van der Waals surface area contributed by atoms with Crippen molar-refractivity contribution in [2.45, 2.75) is 45.6 Å². The van der Waals surface area contributed by atoms with E-state index in [0.29, 0.717) is 5.56 Å². The SMILES string of the molecule is CCCC(CCC)NC(=O)C=Cc1ccccc1F. The zero-order chi connectivity index (χ0) is 14.1. The van der Waals surface area contributed by atoms with Crippen LogP contribution in [0.25, 0.3) is 6.08 Å². The highest BCUT2D eigenvalue weighted by molar-refractivity contribution is 5.91. The summed E-state index contributed by atoms with van der Waals surface area (Å²) in [7, 11) is 0. The van der Waals surface area contributed by atoms with E-state index in [0.717, 1.165) is 25.7 Å². The minimum Gasteiger partial charge on any atom is -0.350 e. The summed E-state index contributed by atoms with van der Waals surface area (Å²) in [5, 5.41) is 2.96. The van der Waals surface area contributed by atoms with Gasteiger partial charge in [-0.1, -0.05) is 44.9 Å². The van der Waals surface area contributed by atoms with E-state index >= 15 is 0 Å². The summed E-state index contributed by atoms with van der Waals surface area (Å²) in [6.07, 6.45) is 6.96. The molecule has 0 aliphatic carbocycles. The Morgan fingerprint density at radius 2 is 1.89 bits per heavy atom. The van der Waals surface area contributed by atoms with E-state index in [1.165, 1.54) is 18.2 Å². The maximum Gasteiger partial charge on any atom is 0.244 e. The Kier molecular flexibility index (Phi) is 6.86. The molecule has 0 atom stereocenters. The van der Waals surface area contributed by atoms with Gasteiger partial charge in [-0.15, -0.1) is 0 Å². The monoisotopic (exact) mass is 263 g/mol. The van der Waals surface area contributed by atoms with Gasteiger partial charge in [-0.25, -0.2) is 4.39 Å². The molecule has 1 N–H and O–H groups in total. The molecule has 3 heteroatoms. The standard InChI is InChI=1S/C16H22FNO/c1-3-7-14(8-4-2)18-16(19)12-11-13-9-5-6-10-15(13)17/h5-6,9-12,14H,3-4,7-8H2,1-2H3,(H,18,19). The van der Waals surface area contributed by atoms with Crippen LogP contribution in [0.15, 0.2) is 30.3 Å². The van der Waals surface area contributed by atoms with E-state index in [1.807, 2.05) is 0 Å². The molecule has 0 radical (unpaired) electrons. The van der Waals surface area contributed by atoms with Crippen molar-refractivity contribution in [2.75, 3.05) is 0 Å². The second kappa shape index (κ2) is 8.46. The van der Waals surface area contributed by atoms with Crippen LogP contribution in [0, 0.1) is 5.82 Å². The zero-order valence-electron chi connectivity index (χ0n) is 11.7. The van der Waals surface area contributed by atoms with Crippen LogP contribution in [0.4, 0.5) is 4.39 Å². The molecule has 0 aliphatic rings. The second-order valence-corrected chi connectivity index (χ2v) is 4.64. The lowest BCUT2D eigenvalue weighted by Crippen LogP contribution is -2.33. The number of benzene rings is 1. The maximum absolute atomic E-state index is 13.4. The number of hydrogen-bond donors (Lipinski definition) is 1. The number of rotatable bonds is 7. The Balaban J connectivity index is 2.56. The summed E-state index contributed by atoms with van der Waals surface area (Å²) in [5.74, 6) is -0.472. The minimum atomic E-state index is -0.315. The number of amides is 1. The van der Waals surface area contributed by atoms with Gasteiger partial charge in [-0.05, 0) is 25.0 Å². The van der Waals surface area contributed by atoms with E-state index in [1.54, 1.807) is 18.2 Å². The molecule has 0 unspecified atom stereocenters. The van der Waals surface area contributed by atoms with E-state index in [2.05, 4.69) is 19.2 Å². The first kappa shape index (κ1) is 15.4. The van der Waals surface area contributed by atoms with E-state index in [9.17, 15) is 9.18 Å². The molecule has 0 spiro atoms. The first-order valence-electron chi connectivity index (χ1n) is 6.90. The molecular formula is C16H22FNO. The lowest BCUT2D eigenvalue weighted by atomic mass is 10.1. The van der Waals surface area contributed by atoms with Crippen molar-refractivity contribution in [2.24, 2.45) is 0 Å². The van der Waals surface area contributed by atoms with Crippen molar-refractivity contribution >= 4 is 12.0 Å². The van der Waals surface area contributed by atoms with Crippen LogP contribution in [0.2, 0.25) is 0 Å². The summed E-state index contributed by atoms with van der Waals surface area (Å²) >= 11 is 0. The summed E-state index contributed by atoms with van der Waals surface area (Å²) in [4.78, 5) is 11.8. The van der Waals surface area contributed by atoms with Gasteiger partial charge in [-0.3, -0.25) is 4.79 Å². The van der Waals surface area contributed by atoms with E-state index in [-0.39, 0.29) is 17.8 Å². The number of carbonyl (C=O) groups is 1. The van der Waals surface area contributed by atoms with Crippen LogP contribution in [-0.2, 0) is 4.79 Å². The average molecular weight is 263 g/mol. The van der Waals surface area contributed by atoms with Gasteiger partial charge in [0, 0.05) is 17.7 Å². The molecule has 1 rings (SSSR count). The highest BCUT2D eigenvalue weighted by Gasteiger charge is 2.08. The van der Waals surface area contributed by atoms with Gasteiger partial charge in [0.05, 0.1) is 0 Å². The normalized spacial score (nSPS) is 11.2. The Morgan fingerprint density at radius 1 is 1.26 bits per heavy atom. The summed E-state index contributed by atoms with van der Waals surface area (Å²) in [6.45, 7) is 4.20. The van der Waals surface area contributed by atoms with Crippen LogP contribution in [-0.4, -0.2) is 11.9 Å². The summed E-state index contributed by atoms with van der Waals surface area (Å²) < 4.78 is 13.4. The number of nitrogens with one attached hydrogen (secondary N) is 1. The Hall–Kier alpha value is -1.64. The first-order valence-corrected chi connectivity index (χ1v) is 6.90. The summed E-state index contributed by atoms with van der Waals surface area (Å²) in [6, 6.07) is 6.62. The average Bonchev–Trinajstić information content (AvgIpc) is 2.38. The fraction of sp³-hybridized carbons (Fsp3) is 0.438. The van der Waals surface area contributed by atoms with Crippen LogP contribution < -0.4 is 5.32 Å². The third-order valence-electron chi connectivity index (χ3n) is 2.94. The lowest BCUT2D eigenvalue weighted by Gasteiger charge is -2.15. The van der Waals surface area contributed by atoms with Crippen molar-refractivity contribution in [3.05, 3.63) is 41.7 Å². The molecule has 1 aromatic carbocycles. The summed E-state index contributed by atoms with van der Waals surface area (Å²) in [5.41, 5.74) is 0.431. The van der Waals surface area contributed by atoms with Gasteiger partial charge in [0.25, 0.3) is 0 Å². The van der Waals surface area contributed by atoms with Crippen LogP contribution in [0.3, 0.4) is 0 Å². The molecule has 0 aliphatic heterocycles. The van der Waals surface area contributed by atoms with Crippen molar-refractivity contribution in [1.29, 1.82) is 0 Å². The van der Waals surface area contributed by atoms with Crippen molar-refractivity contribution in [3.8, 4) is 0 Å². The van der Waals surface area contributed by atoms with Gasteiger partial charge >= 0.3 is 0 Å². The van der Waals surface area contributed by atoms with Crippen molar-refractivity contribution in [3.63, 3.8) is 0 Å². The Morgan fingerprint density at radius 3 is 2.47 bits per heavy atom. The van der Waals surface area contributed by atoms with Gasteiger partial charge in [0.2, 0.25) is 5.91 Å². The molecular weight excluding hydrogens is 241 g/mol. The topological polar surface area (TPSA) is 29.1 Å². The zero-order valence-corrected chi connectivity index (χ0v) is 11.7. The third-order valence-corrected chi connectivity index (χ3v) is 2.94. The number of carbonyl (C=O) groups excluding carboxylic acids is 1. The molecule has 19 heavy (non-hydrogen) atoms. The van der Waals surface area contributed by atoms with Crippen molar-refractivity contribution < 1.29 is 9.18 Å². The van der Waals surface area contributed by atoms with E-state index < -0.39 is 0 Å². The Bertz CT molecular complexity index is 423. The molecule has 0 saturated carbocycles. The predicted octanol–water partition coefficient (Wildman–Crippen LogP) is 3.92. The lowest BCUT2D eigenvalue weighted by molar-refractivity contribution is -0.117. The van der Waals surface area contributed by atoms with Crippen molar-refractivity contribution in [1.82, 2.24) is 5.32 Å². The fourth-order valence-electron chi connectivity index (χ4n) is 2.01. The Labute approximate surface area is 114 Å². The highest BCUT2D eigenvalue weighted by Crippen LogP contribution is 2.08. The molecule has 0 fully saturated rings. The molecule has 1 aromatic rings. The van der Waals surface area contributed by atoms with Crippen LogP contribution in [0.1, 0.15) is 45.1 Å². The van der Waals surface area contributed by atoms with Gasteiger partial charge in [0.15, 0.2) is 0 Å². The molecule has 0 bridgehead atoms. The molecule has 0 aromatic heterocycles. The predicted molar refractivity (Wildman–Crippen MR) is 77.2 cm³/mol. The maximum atomic E-state index is 13.4. The molecule has 0 saturated heterocycles. The number of halogens is 1. The van der Waals surface area contributed by atoms with E-state index in [4.69, 9.17) is 0 Å². The van der Waals surface area contributed by atoms with Gasteiger partial charge in [-0.2, -0.15) is 0 Å². The minimum absolute atomic E-state index is 0.157. The van der Waals surface area contributed by atoms with Gasteiger partial charge < -0.3 is 5.32 Å². The molecule has 2 nitrogen and oxygen atoms in total. The largest absolute Gasteiger partial charge is 0.350 e. The quantitative estimate of drug-likeness (QED) is 0.742.